The van der Waals surface area contributed by atoms with Gasteiger partial charge in [-0.3, -0.25) is 4.98 Å². The molecule has 2 heteroatoms. The summed E-state index contributed by atoms with van der Waals surface area (Å²) in [4.78, 5) is 4.17. The zero-order valence-electron chi connectivity index (χ0n) is 12.7. The first-order valence-corrected chi connectivity index (χ1v) is 7.93. The highest BCUT2D eigenvalue weighted by Crippen LogP contribution is 2.12. The van der Waals surface area contributed by atoms with E-state index in [-0.39, 0.29) is 0 Å². The van der Waals surface area contributed by atoms with E-state index in [1.807, 2.05) is 18.5 Å². The highest BCUT2D eigenvalue weighted by Gasteiger charge is 2.06. The lowest BCUT2D eigenvalue weighted by molar-refractivity contribution is 0.458. The van der Waals surface area contributed by atoms with Crippen LogP contribution in [0.25, 0.3) is 0 Å². The summed E-state index contributed by atoms with van der Waals surface area (Å²) in [6.07, 6.45) is 15.8. The molecule has 0 saturated carbocycles. The highest BCUT2D eigenvalue weighted by molar-refractivity contribution is 5.08. The molecule has 0 radical (unpaired) electrons. The average Bonchev–Trinajstić information content (AvgIpc) is 2.47. The lowest BCUT2D eigenvalue weighted by Crippen LogP contribution is -2.25. The Morgan fingerprint density at radius 2 is 1.89 bits per heavy atom. The number of hydrogen-bond donors (Lipinski definition) is 1. The Hall–Kier alpha value is -0.890. The van der Waals surface area contributed by atoms with E-state index in [2.05, 4.69) is 30.3 Å². The van der Waals surface area contributed by atoms with Gasteiger partial charge in [0.1, 0.15) is 0 Å². The molecule has 0 spiro atoms. The zero-order valence-corrected chi connectivity index (χ0v) is 12.7. The van der Waals surface area contributed by atoms with E-state index in [0.29, 0.717) is 6.04 Å². The van der Waals surface area contributed by atoms with Crippen molar-refractivity contribution in [3.05, 3.63) is 30.1 Å². The van der Waals surface area contributed by atoms with Gasteiger partial charge in [0.15, 0.2) is 0 Å². The molecule has 19 heavy (non-hydrogen) atoms. The fourth-order valence-corrected chi connectivity index (χ4v) is 2.49. The van der Waals surface area contributed by atoms with Crippen LogP contribution in [0.4, 0.5) is 0 Å². The van der Waals surface area contributed by atoms with Gasteiger partial charge in [-0.2, -0.15) is 0 Å². The Morgan fingerprint density at radius 1 is 1.11 bits per heavy atom. The van der Waals surface area contributed by atoms with Crippen molar-refractivity contribution in [1.29, 1.82) is 0 Å². The van der Waals surface area contributed by atoms with Gasteiger partial charge in [0.2, 0.25) is 0 Å². The monoisotopic (exact) mass is 262 g/mol. The van der Waals surface area contributed by atoms with Gasteiger partial charge in [-0.05, 0) is 37.9 Å². The molecule has 108 valence electrons. The molecule has 1 N–H and O–H groups in total. The number of nitrogens with zero attached hydrogens (tertiary/aromatic N) is 1. The molecular weight excluding hydrogens is 232 g/mol. The van der Waals surface area contributed by atoms with Crippen molar-refractivity contribution < 1.29 is 0 Å². The van der Waals surface area contributed by atoms with Crippen molar-refractivity contribution >= 4 is 0 Å². The van der Waals surface area contributed by atoms with Crippen LogP contribution < -0.4 is 5.32 Å². The third kappa shape index (κ3) is 7.99. The van der Waals surface area contributed by atoms with E-state index >= 15 is 0 Å². The summed E-state index contributed by atoms with van der Waals surface area (Å²) in [6, 6.07) is 4.86. The largest absolute Gasteiger partial charge is 0.317 e. The van der Waals surface area contributed by atoms with Gasteiger partial charge in [-0.15, -0.1) is 0 Å². The smallest absolute Gasteiger partial charge is 0.0299 e. The minimum atomic E-state index is 0.659. The summed E-state index contributed by atoms with van der Waals surface area (Å²) >= 11 is 0. The molecule has 0 bridgehead atoms. The molecule has 1 aromatic rings. The lowest BCUT2D eigenvalue weighted by atomic mass is 10.0. The van der Waals surface area contributed by atoms with Crippen molar-refractivity contribution in [2.24, 2.45) is 0 Å². The van der Waals surface area contributed by atoms with Crippen LogP contribution in [-0.4, -0.2) is 18.1 Å². The van der Waals surface area contributed by atoms with Crippen LogP contribution in [0.1, 0.15) is 63.9 Å². The van der Waals surface area contributed by atoms with Gasteiger partial charge in [0, 0.05) is 18.4 Å². The molecule has 1 heterocycles. The quantitative estimate of drug-likeness (QED) is 0.600. The number of unbranched alkanes of at least 4 members (excludes halogenated alkanes) is 5. The van der Waals surface area contributed by atoms with Gasteiger partial charge >= 0.3 is 0 Å². The molecule has 0 aliphatic rings. The normalized spacial score (nSPS) is 12.5. The fourth-order valence-electron chi connectivity index (χ4n) is 2.49. The summed E-state index contributed by atoms with van der Waals surface area (Å²) in [7, 11) is 2.09. The van der Waals surface area contributed by atoms with Crippen molar-refractivity contribution in [2.45, 2.75) is 70.8 Å². The Morgan fingerprint density at radius 3 is 2.58 bits per heavy atom. The number of rotatable bonds is 11. The van der Waals surface area contributed by atoms with Gasteiger partial charge in [-0.25, -0.2) is 0 Å². The van der Waals surface area contributed by atoms with Gasteiger partial charge in [-0.1, -0.05) is 51.5 Å². The third-order valence-corrected chi connectivity index (χ3v) is 3.82. The SMILES string of the molecule is CCCCCCCCC(CCc1cccnc1)NC. The standard InChI is InChI=1S/C17H30N2/c1-3-4-5-6-7-8-11-17(18-2)13-12-16-10-9-14-19-15-16/h9-10,14-15,17-18H,3-8,11-13H2,1-2H3. The third-order valence-electron chi connectivity index (χ3n) is 3.82. The zero-order chi connectivity index (χ0) is 13.8. The molecule has 1 aromatic heterocycles. The minimum Gasteiger partial charge on any atom is -0.317 e. The van der Waals surface area contributed by atoms with Crippen LogP contribution in [-0.2, 0) is 6.42 Å². The van der Waals surface area contributed by atoms with Crippen molar-refractivity contribution in [1.82, 2.24) is 10.3 Å². The molecule has 2 nitrogen and oxygen atoms in total. The first-order chi connectivity index (χ1) is 9.36. The second kappa shape index (κ2) is 11.0. The minimum absolute atomic E-state index is 0.659. The Bertz CT molecular complexity index is 297. The van der Waals surface area contributed by atoms with Crippen LogP contribution in [0.15, 0.2) is 24.5 Å². The molecule has 1 unspecified atom stereocenters. The Kier molecular flexibility index (Phi) is 9.34. The number of pyridine rings is 1. The van der Waals surface area contributed by atoms with E-state index in [0.717, 1.165) is 6.42 Å². The average molecular weight is 262 g/mol. The maximum Gasteiger partial charge on any atom is 0.0299 e. The maximum absolute atomic E-state index is 4.17. The molecule has 0 aliphatic heterocycles. The summed E-state index contributed by atoms with van der Waals surface area (Å²) < 4.78 is 0. The van der Waals surface area contributed by atoms with Gasteiger partial charge in [0.05, 0.1) is 0 Å². The summed E-state index contributed by atoms with van der Waals surface area (Å²) in [6.45, 7) is 2.27. The van der Waals surface area contributed by atoms with Crippen LogP contribution in [0, 0.1) is 0 Å². The first-order valence-electron chi connectivity index (χ1n) is 7.93. The molecule has 1 atom stereocenters. The van der Waals surface area contributed by atoms with Crippen LogP contribution >= 0.6 is 0 Å². The molecule has 0 aliphatic carbocycles. The Balaban J connectivity index is 2.09. The second-order valence-corrected chi connectivity index (χ2v) is 5.44. The molecule has 0 aromatic carbocycles. The molecule has 1 rings (SSSR count). The van der Waals surface area contributed by atoms with Crippen LogP contribution in [0.3, 0.4) is 0 Å². The molecule has 0 fully saturated rings. The van der Waals surface area contributed by atoms with Crippen molar-refractivity contribution in [3.8, 4) is 0 Å². The lowest BCUT2D eigenvalue weighted by Gasteiger charge is -2.15. The number of nitrogens with one attached hydrogen (secondary N) is 1. The van der Waals surface area contributed by atoms with Gasteiger partial charge < -0.3 is 5.32 Å². The first kappa shape index (κ1) is 16.2. The number of aromatic nitrogens is 1. The topological polar surface area (TPSA) is 24.9 Å². The fraction of sp³-hybridized carbons (Fsp3) is 0.706. The predicted octanol–water partition coefficient (Wildman–Crippen LogP) is 4.35. The predicted molar refractivity (Wildman–Crippen MR) is 83.4 cm³/mol. The van der Waals surface area contributed by atoms with Crippen molar-refractivity contribution in [3.63, 3.8) is 0 Å². The summed E-state index contributed by atoms with van der Waals surface area (Å²) in [5, 5.41) is 3.45. The van der Waals surface area contributed by atoms with E-state index in [1.54, 1.807) is 0 Å². The Labute approximate surface area is 119 Å². The maximum atomic E-state index is 4.17. The van der Waals surface area contributed by atoms with E-state index in [4.69, 9.17) is 0 Å². The van der Waals surface area contributed by atoms with Crippen LogP contribution in [0.5, 0.6) is 0 Å². The van der Waals surface area contributed by atoms with Gasteiger partial charge in [0.25, 0.3) is 0 Å². The van der Waals surface area contributed by atoms with E-state index < -0.39 is 0 Å². The number of hydrogen-bond acceptors (Lipinski definition) is 2. The second-order valence-electron chi connectivity index (χ2n) is 5.44. The van der Waals surface area contributed by atoms with Crippen LogP contribution in [0.2, 0.25) is 0 Å². The number of aryl methyl sites for hydroxylation is 1. The van der Waals surface area contributed by atoms with E-state index in [1.165, 1.54) is 56.9 Å². The summed E-state index contributed by atoms with van der Waals surface area (Å²) in [5.74, 6) is 0. The highest BCUT2D eigenvalue weighted by atomic mass is 14.9. The summed E-state index contributed by atoms with van der Waals surface area (Å²) in [5.41, 5.74) is 1.35. The molecule has 0 saturated heterocycles. The van der Waals surface area contributed by atoms with Crippen molar-refractivity contribution in [2.75, 3.05) is 7.05 Å². The van der Waals surface area contributed by atoms with E-state index in [9.17, 15) is 0 Å². The molecule has 0 amide bonds. The molecular formula is C17H30N2.